The summed E-state index contributed by atoms with van der Waals surface area (Å²) in [7, 11) is -3.90. The van der Waals surface area contributed by atoms with Gasteiger partial charge in [0.25, 0.3) is 0 Å². The van der Waals surface area contributed by atoms with E-state index in [0.717, 1.165) is 19.3 Å². The number of nitrogen functional groups attached to an aromatic ring is 1. The van der Waals surface area contributed by atoms with E-state index in [0.29, 0.717) is 12.1 Å². The van der Waals surface area contributed by atoms with Crippen LogP contribution >= 0.6 is 0 Å². The fourth-order valence-corrected chi connectivity index (χ4v) is 2.42. The molecule has 0 aliphatic carbocycles. The first-order valence-electron chi connectivity index (χ1n) is 5.81. The Morgan fingerprint density at radius 3 is 2.50 bits per heavy atom. The van der Waals surface area contributed by atoms with E-state index in [1.165, 1.54) is 18.2 Å². The van der Waals surface area contributed by atoms with Crippen molar-refractivity contribution in [2.75, 3.05) is 5.73 Å². The van der Waals surface area contributed by atoms with Crippen LogP contribution in [0, 0.1) is 0 Å². The number of carbonyl (C=O) groups is 1. The zero-order chi connectivity index (χ0) is 13.8. The Morgan fingerprint density at radius 2 is 1.94 bits per heavy atom. The molecule has 100 valence electrons. The van der Waals surface area contributed by atoms with Crippen LogP contribution in [0.4, 0.5) is 5.69 Å². The highest BCUT2D eigenvalue weighted by Crippen LogP contribution is 2.20. The Hall–Kier alpha value is -1.40. The zero-order valence-corrected chi connectivity index (χ0v) is 11.2. The summed E-state index contributed by atoms with van der Waals surface area (Å²) >= 11 is 0. The highest BCUT2D eigenvalue weighted by Gasteiger charge is 2.19. The van der Waals surface area contributed by atoms with Crippen molar-refractivity contribution in [3.8, 4) is 0 Å². The standard InChI is InChI=1S/C12H18N2O3S/c1-2-3-4-5-11(15)10-8-9(13)6-7-12(10)18(14,16)17/h6-8H,2-5,13H2,1H3,(H2,14,16,17). The summed E-state index contributed by atoms with van der Waals surface area (Å²) < 4.78 is 22.8. The number of unbranched alkanes of at least 4 members (excludes halogenated alkanes) is 2. The first-order valence-corrected chi connectivity index (χ1v) is 7.36. The Labute approximate surface area is 107 Å². The van der Waals surface area contributed by atoms with Crippen molar-refractivity contribution in [1.82, 2.24) is 0 Å². The lowest BCUT2D eigenvalue weighted by Crippen LogP contribution is -2.17. The van der Waals surface area contributed by atoms with Gasteiger partial charge in [0.2, 0.25) is 10.0 Å². The molecule has 1 aromatic carbocycles. The summed E-state index contributed by atoms with van der Waals surface area (Å²) in [4.78, 5) is 11.8. The third kappa shape index (κ3) is 3.82. The highest BCUT2D eigenvalue weighted by atomic mass is 32.2. The number of benzene rings is 1. The van der Waals surface area contributed by atoms with Gasteiger partial charge in [-0.2, -0.15) is 0 Å². The van der Waals surface area contributed by atoms with Crippen LogP contribution in [0.2, 0.25) is 0 Å². The van der Waals surface area contributed by atoms with E-state index in [1.54, 1.807) is 0 Å². The molecule has 0 fully saturated rings. The van der Waals surface area contributed by atoms with Gasteiger partial charge in [0.15, 0.2) is 5.78 Å². The molecule has 1 aromatic rings. The molecule has 0 unspecified atom stereocenters. The molecule has 0 saturated carbocycles. The molecule has 0 atom stereocenters. The maximum Gasteiger partial charge on any atom is 0.238 e. The van der Waals surface area contributed by atoms with E-state index in [-0.39, 0.29) is 16.2 Å². The number of nitrogens with two attached hydrogens (primary N) is 2. The fourth-order valence-electron chi connectivity index (χ4n) is 1.68. The van der Waals surface area contributed by atoms with Gasteiger partial charge in [0.05, 0.1) is 4.90 Å². The average molecular weight is 270 g/mol. The van der Waals surface area contributed by atoms with E-state index in [1.807, 2.05) is 6.92 Å². The number of anilines is 1. The summed E-state index contributed by atoms with van der Waals surface area (Å²) in [6.07, 6.45) is 2.96. The number of sulfonamides is 1. The molecule has 0 saturated heterocycles. The van der Waals surface area contributed by atoms with E-state index in [9.17, 15) is 13.2 Å². The molecule has 0 heterocycles. The molecule has 0 aliphatic rings. The maximum absolute atomic E-state index is 12.0. The van der Waals surface area contributed by atoms with Gasteiger partial charge in [0.1, 0.15) is 0 Å². The van der Waals surface area contributed by atoms with Crippen molar-refractivity contribution in [2.45, 2.75) is 37.5 Å². The SMILES string of the molecule is CCCCCC(=O)c1cc(N)ccc1S(N)(=O)=O. The fraction of sp³-hybridized carbons (Fsp3) is 0.417. The lowest BCUT2D eigenvalue weighted by atomic mass is 10.0. The van der Waals surface area contributed by atoms with Crippen molar-refractivity contribution in [3.63, 3.8) is 0 Å². The van der Waals surface area contributed by atoms with Crippen molar-refractivity contribution in [3.05, 3.63) is 23.8 Å². The first kappa shape index (κ1) is 14.7. The summed E-state index contributed by atoms with van der Waals surface area (Å²) in [6.45, 7) is 2.03. The predicted octanol–water partition coefficient (Wildman–Crippen LogP) is 1.68. The minimum atomic E-state index is -3.90. The summed E-state index contributed by atoms with van der Waals surface area (Å²) in [5, 5.41) is 5.08. The number of carbonyl (C=O) groups excluding carboxylic acids is 1. The van der Waals surface area contributed by atoms with Crippen molar-refractivity contribution in [1.29, 1.82) is 0 Å². The summed E-state index contributed by atoms with van der Waals surface area (Å²) in [5.74, 6) is -0.236. The van der Waals surface area contributed by atoms with Gasteiger partial charge in [0, 0.05) is 17.7 Å². The first-order chi connectivity index (χ1) is 8.36. The Bertz CT molecular complexity index is 538. The van der Waals surface area contributed by atoms with Crippen LogP contribution in [0.25, 0.3) is 0 Å². The van der Waals surface area contributed by atoms with Gasteiger partial charge in [-0.05, 0) is 24.6 Å². The van der Waals surface area contributed by atoms with E-state index in [4.69, 9.17) is 10.9 Å². The maximum atomic E-state index is 12.0. The second-order valence-corrected chi connectivity index (χ2v) is 5.71. The zero-order valence-electron chi connectivity index (χ0n) is 10.3. The molecular formula is C12H18N2O3S. The van der Waals surface area contributed by atoms with Gasteiger partial charge in [-0.1, -0.05) is 19.8 Å². The minimum Gasteiger partial charge on any atom is -0.399 e. The molecule has 0 amide bonds. The normalized spacial score (nSPS) is 11.4. The van der Waals surface area contributed by atoms with Gasteiger partial charge in [-0.25, -0.2) is 13.6 Å². The Balaban J connectivity index is 3.06. The summed E-state index contributed by atoms with van der Waals surface area (Å²) in [6, 6.07) is 4.06. The summed E-state index contributed by atoms with van der Waals surface area (Å²) in [5.41, 5.74) is 6.02. The smallest absolute Gasteiger partial charge is 0.238 e. The van der Waals surface area contributed by atoms with Crippen molar-refractivity contribution < 1.29 is 13.2 Å². The number of ketones is 1. The second-order valence-electron chi connectivity index (χ2n) is 4.18. The molecule has 4 N–H and O–H groups in total. The van der Waals surface area contributed by atoms with Gasteiger partial charge >= 0.3 is 0 Å². The van der Waals surface area contributed by atoms with Crippen LogP contribution in [0.1, 0.15) is 43.0 Å². The van der Waals surface area contributed by atoms with Crippen molar-refractivity contribution in [2.24, 2.45) is 5.14 Å². The number of hydrogen-bond donors (Lipinski definition) is 2. The molecule has 1 rings (SSSR count). The highest BCUT2D eigenvalue weighted by molar-refractivity contribution is 7.89. The van der Waals surface area contributed by atoms with Crippen LogP contribution in [-0.2, 0) is 10.0 Å². The van der Waals surface area contributed by atoms with E-state index >= 15 is 0 Å². The molecule has 18 heavy (non-hydrogen) atoms. The van der Waals surface area contributed by atoms with Crippen LogP contribution in [0.15, 0.2) is 23.1 Å². The molecule has 5 nitrogen and oxygen atoms in total. The number of hydrogen-bond acceptors (Lipinski definition) is 4. The quantitative estimate of drug-likeness (QED) is 0.466. The number of rotatable bonds is 6. The van der Waals surface area contributed by atoms with E-state index < -0.39 is 10.0 Å². The molecule has 0 aliphatic heterocycles. The Kier molecular flexibility index (Phi) is 4.86. The second kappa shape index (κ2) is 5.97. The lowest BCUT2D eigenvalue weighted by molar-refractivity contribution is 0.0976. The van der Waals surface area contributed by atoms with E-state index in [2.05, 4.69) is 0 Å². The topological polar surface area (TPSA) is 103 Å². The predicted molar refractivity (Wildman–Crippen MR) is 70.7 cm³/mol. The van der Waals surface area contributed by atoms with Crippen LogP contribution in [-0.4, -0.2) is 14.2 Å². The molecule has 6 heteroatoms. The third-order valence-electron chi connectivity index (χ3n) is 2.62. The lowest BCUT2D eigenvalue weighted by Gasteiger charge is -2.07. The largest absolute Gasteiger partial charge is 0.399 e. The monoisotopic (exact) mass is 270 g/mol. The Morgan fingerprint density at radius 1 is 1.28 bits per heavy atom. The van der Waals surface area contributed by atoms with Gasteiger partial charge in [-0.3, -0.25) is 4.79 Å². The molecule has 0 spiro atoms. The molecule has 0 aromatic heterocycles. The number of Topliss-reactive ketones (excluding diaryl/α,β-unsaturated/α-hetero) is 1. The minimum absolute atomic E-state index is 0.0913. The number of primary sulfonamides is 1. The van der Waals surface area contributed by atoms with Crippen LogP contribution in [0.3, 0.4) is 0 Å². The molecule has 0 bridgehead atoms. The van der Waals surface area contributed by atoms with Gasteiger partial charge in [-0.15, -0.1) is 0 Å². The van der Waals surface area contributed by atoms with Gasteiger partial charge < -0.3 is 5.73 Å². The average Bonchev–Trinajstić information content (AvgIpc) is 2.27. The molecule has 0 radical (unpaired) electrons. The molecular weight excluding hydrogens is 252 g/mol. The van der Waals surface area contributed by atoms with Crippen LogP contribution < -0.4 is 10.9 Å². The van der Waals surface area contributed by atoms with Crippen LogP contribution in [0.5, 0.6) is 0 Å². The van der Waals surface area contributed by atoms with Crippen molar-refractivity contribution >= 4 is 21.5 Å². The third-order valence-corrected chi connectivity index (χ3v) is 3.59.